The molecule has 140 valence electrons. The van der Waals surface area contributed by atoms with Gasteiger partial charge in [0.1, 0.15) is 18.0 Å². The number of hydrogen-bond donors (Lipinski definition) is 1. The maximum atomic E-state index is 12.5. The Morgan fingerprint density at radius 1 is 1.38 bits per heavy atom. The van der Waals surface area contributed by atoms with Gasteiger partial charge in [0.2, 0.25) is 5.91 Å². The standard InChI is InChI=1S/C20H27N3O3/c1-16-6-3-4-7-18(16)26-15-20(25)10-5-11-23(14-20)19(24)9-8-17-12-21-22(2)13-17/h3-4,6-7,12-13,25H,5,8-11,14-15H2,1-2H3/t20-/m0/s1. The van der Waals surface area contributed by atoms with E-state index in [1.807, 2.05) is 44.4 Å². The van der Waals surface area contributed by atoms with Gasteiger partial charge in [0.15, 0.2) is 0 Å². The van der Waals surface area contributed by atoms with Crippen LogP contribution in [0.5, 0.6) is 5.75 Å². The van der Waals surface area contributed by atoms with Crippen molar-refractivity contribution in [1.82, 2.24) is 14.7 Å². The van der Waals surface area contributed by atoms with Crippen LogP contribution in [0.4, 0.5) is 0 Å². The van der Waals surface area contributed by atoms with Gasteiger partial charge in [-0.3, -0.25) is 9.48 Å². The van der Waals surface area contributed by atoms with E-state index in [0.717, 1.165) is 23.3 Å². The number of hydrogen-bond acceptors (Lipinski definition) is 4. The molecule has 0 bridgehead atoms. The van der Waals surface area contributed by atoms with Crippen molar-refractivity contribution in [3.8, 4) is 5.75 Å². The van der Waals surface area contributed by atoms with Crippen LogP contribution in [0.25, 0.3) is 0 Å². The number of benzene rings is 1. The third-order valence-corrected chi connectivity index (χ3v) is 4.88. The number of piperidine rings is 1. The van der Waals surface area contributed by atoms with Crippen LogP contribution in [0.2, 0.25) is 0 Å². The van der Waals surface area contributed by atoms with Crippen LogP contribution in [-0.2, 0) is 18.3 Å². The van der Waals surface area contributed by atoms with Gasteiger partial charge in [-0.2, -0.15) is 5.10 Å². The zero-order chi connectivity index (χ0) is 18.6. The summed E-state index contributed by atoms with van der Waals surface area (Å²) in [5.41, 5.74) is 1.09. The van der Waals surface area contributed by atoms with Crippen molar-refractivity contribution in [1.29, 1.82) is 0 Å². The second kappa shape index (κ2) is 7.91. The number of aliphatic hydroxyl groups is 1. The minimum Gasteiger partial charge on any atom is -0.490 e. The summed E-state index contributed by atoms with van der Waals surface area (Å²) >= 11 is 0. The molecule has 26 heavy (non-hydrogen) atoms. The second-order valence-electron chi connectivity index (χ2n) is 7.22. The molecule has 0 saturated carbocycles. The number of para-hydroxylation sites is 1. The van der Waals surface area contributed by atoms with Crippen molar-refractivity contribution >= 4 is 5.91 Å². The fraction of sp³-hybridized carbons (Fsp3) is 0.500. The molecular weight excluding hydrogens is 330 g/mol. The van der Waals surface area contributed by atoms with E-state index in [1.54, 1.807) is 15.8 Å². The Morgan fingerprint density at radius 3 is 2.92 bits per heavy atom. The van der Waals surface area contributed by atoms with E-state index in [1.165, 1.54) is 0 Å². The smallest absolute Gasteiger partial charge is 0.223 e. The summed E-state index contributed by atoms with van der Waals surface area (Å²) in [4.78, 5) is 14.3. The van der Waals surface area contributed by atoms with Crippen LogP contribution in [0, 0.1) is 6.92 Å². The maximum Gasteiger partial charge on any atom is 0.223 e. The topological polar surface area (TPSA) is 67.6 Å². The first kappa shape index (κ1) is 18.5. The zero-order valence-electron chi connectivity index (χ0n) is 15.5. The SMILES string of the molecule is Cc1ccccc1OC[C@]1(O)CCCN(C(=O)CCc2cnn(C)c2)C1. The third kappa shape index (κ3) is 4.64. The third-order valence-electron chi connectivity index (χ3n) is 4.88. The van der Waals surface area contributed by atoms with Gasteiger partial charge in [-0.1, -0.05) is 18.2 Å². The number of ether oxygens (including phenoxy) is 1. The lowest BCUT2D eigenvalue weighted by Gasteiger charge is -2.39. The molecule has 1 atom stereocenters. The normalized spacial score (nSPS) is 20.2. The van der Waals surface area contributed by atoms with Gasteiger partial charge >= 0.3 is 0 Å². The molecule has 0 spiro atoms. The molecule has 2 heterocycles. The van der Waals surface area contributed by atoms with E-state index in [2.05, 4.69) is 5.10 Å². The number of carbonyl (C=O) groups is 1. The van der Waals surface area contributed by atoms with Crippen molar-refractivity contribution in [2.45, 2.75) is 38.2 Å². The molecule has 1 saturated heterocycles. The minimum absolute atomic E-state index is 0.0721. The predicted molar refractivity (Wildman–Crippen MR) is 99.0 cm³/mol. The van der Waals surface area contributed by atoms with Crippen LogP contribution >= 0.6 is 0 Å². The monoisotopic (exact) mass is 357 g/mol. The molecule has 1 aliphatic rings. The number of carbonyl (C=O) groups excluding carboxylic acids is 1. The van der Waals surface area contributed by atoms with E-state index in [4.69, 9.17) is 4.74 Å². The van der Waals surface area contributed by atoms with Crippen LogP contribution in [0.3, 0.4) is 0 Å². The first-order valence-electron chi connectivity index (χ1n) is 9.11. The van der Waals surface area contributed by atoms with Gasteiger partial charge in [0.05, 0.1) is 12.7 Å². The molecule has 1 aliphatic heterocycles. The highest BCUT2D eigenvalue weighted by molar-refractivity contribution is 5.76. The van der Waals surface area contributed by atoms with E-state index in [0.29, 0.717) is 32.4 Å². The van der Waals surface area contributed by atoms with Gasteiger partial charge in [-0.05, 0) is 43.4 Å². The maximum absolute atomic E-state index is 12.5. The molecule has 1 N–H and O–H groups in total. The molecule has 6 nitrogen and oxygen atoms in total. The van der Waals surface area contributed by atoms with E-state index in [9.17, 15) is 9.90 Å². The van der Waals surface area contributed by atoms with Crippen LogP contribution < -0.4 is 4.74 Å². The summed E-state index contributed by atoms with van der Waals surface area (Å²) in [7, 11) is 1.87. The molecule has 1 aromatic carbocycles. The Bertz CT molecular complexity index is 758. The summed E-state index contributed by atoms with van der Waals surface area (Å²) in [6.07, 6.45) is 6.24. The minimum atomic E-state index is -0.996. The summed E-state index contributed by atoms with van der Waals surface area (Å²) in [5.74, 6) is 0.851. The molecule has 1 aromatic heterocycles. The highest BCUT2D eigenvalue weighted by Crippen LogP contribution is 2.25. The number of likely N-dealkylation sites (tertiary alicyclic amines) is 1. The largest absolute Gasteiger partial charge is 0.490 e. The summed E-state index contributed by atoms with van der Waals surface area (Å²) in [6, 6.07) is 7.76. The van der Waals surface area contributed by atoms with Crippen molar-refractivity contribution in [2.24, 2.45) is 7.05 Å². The Labute approximate surface area is 154 Å². The van der Waals surface area contributed by atoms with Crippen molar-refractivity contribution in [3.05, 3.63) is 47.8 Å². The summed E-state index contributed by atoms with van der Waals surface area (Å²) < 4.78 is 7.58. The Hall–Kier alpha value is -2.34. The van der Waals surface area contributed by atoms with Gasteiger partial charge in [-0.25, -0.2) is 0 Å². The Balaban J connectivity index is 1.53. The van der Waals surface area contributed by atoms with Crippen molar-refractivity contribution < 1.29 is 14.6 Å². The lowest BCUT2D eigenvalue weighted by Crippen LogP contribution is -2.53. The fourth-order valence-corrected chi connectivity index (χ4v) is 3.38. The number of β-amino-alcohol motifs (C(OH)–C–C–N with tert-alkyl or cyclic N) is 1. The van der Waals surface area contributed by atoms with E-state index in [-0.39, 0.29) is 12.5 Å². The number of nitrogens with zero attached hydrogens (tertiary/aromatic N) is 3. The molecular formula is C20H27N3O3. The molecule has 6 heteroatoms. The molecule has 2 aromatic rings. The molecule has 3 rings (SSSR count). The van der Waals surface area contributed by atoms with Crippen LogP contribution in [0.15, 0.2) is 36.7 Å². The molecule has 0 aliphatic carbocycles. The molecule has 0 radical (unpaired) electrons. The predicted octanol–water partition coefficient (Wildman–Crippen LogP) is 2.09. The van der Waals surface area contributed by atoms with E-state index < -0.39 is 5.60 Å². The van der Waals surface area contributed by atoms with Gasteiger partial charge in [0, 0.05) is 26.2 Å². The Kier molecular flexibility index (Phi) is 5.61. The number of aryl methyl sites for hydroxylation is 3. The van der Waals surface area contributed by atoms with Gasteiger partial charge in [-0.15, -0.1) is 0 Å². The highest BCUT2D eigenvalue weighted by Gasteiger charge is 2.36. The lowest BCUT2D eigenvalue weighted by molar-refractivity contribution is -0.140. The molecule has 1 amide bonds. The number of aromatic nitrogens is 2. The van der Waals surface area contributed by atoms with Crippen LogP contribution in [0.1, 0.15) is 30.4 Å². The highest BCUT2D eigenvalue weighted by atomic mass is 16.5. The first-order valence-corrected chi connectivity index (χ1v) is 9.11. The lowest BCUT2D eigenvalue weighted by atomic mass is 9.93. The average molecular weight is 357 g/mol. The number of amides is 1. The summed E-state index contributed by atoms with van der Waals surface area (Å²) in [5, 5.41) is 15.0. The molecule has 0 unspecified atom stereocenters. The zero-order valence-corrected chi connectivity index (χ0v) is 15.5. The van der Waals surface area contributed by atoms with Crippen molar-refractivity contribution in [2.75, 3.05) is 19.7 Å². The van der Waals surface area contributed by atoms with Gasteiger partial charge < -0.3 is 14.7 Å². The average Bonchev–Trinajstić information content (AvgIpc) is 3.04. The summed E-state index contributed by atoms with van der Waals surface area (Å²) in [6.45, 7) is 3.20. The van der Waals surface area contributed by atoms with Gasteiger partial charge in [0.25, 0.3) is 0 Å². The quantitative estimate of drug-likeness (QED) is 0.860. The number of rotatable bonds is 6. The Morgan fingerprint density at radius 2 is 2.19 bits per heavy atom. The first-order chi connectivity index (χ1) is 12.5. The van der Waals surface area contributed by atoms with Crippen molar-refractivity contribution in [3.63, 3.8) is 0 Å². The molecule has 1 fully saturated rings. The second-order valence-corrected chi connectivity index (χ2v) is 7.22. The van der Waals surface area contributed by atoms with E-state index >= 15 is 0 Å². The fourth-order valence-electron chi connectivity index (χ4n) is 3.38. The van der Waals surface area contributed by atoms with Crippen LogP contribution in [-0.4, -0.2) is 51.0 Å².